The molecule has 1 aliphatic rings. The number of hydrogen-bond donors (Lipinski definition) is 2. The van der Waals surface area contributed by atoms with Crippen molar-refractivity contribution in [2.24, 2.45) is 0 Å². The van der Waals surface area contributed by atoms with Crippen molar-refractivity contribution < 1.29 is 14.3 Å². The Bertz CT molecular complexity index is 481. The van der Waals surface area contributed by atoms with Crippen LogP contribution in [0.25, 0.3) is 0 Å². The molecule has 0 unspecified atom stereocenters. The monoisotopic (exact) mass is 322 g/mol. The number of aromatic nitrogens is 1. The predicted molar refractivity (Wildman–Crippen MR) is 87.5 cm³/mol. The molecule has 0 radical (unpaired) electrons. The number of rotatable bonds is 8. The van der Waals surface area contributed by atoms with Crippen LogP contribution in [-0.4, -0.2) is 61.9 Å². The second-order valence-electron chi connectivity index (χ2n) is 5.55. The largest absolute Gasteiger partial charge is 0.478 e. The highest BCUT2D eigenvalue weighted by molar-refractivity contribution is 5.74. The third kappa shape index (κ3) is 6.03. The van der Waals surface area contributed by atoms with Crippen molar-refractivity contribution in [1.82, 2.24) is 20.5 Å². The Morgan fingerprint density at radius 2 is 2.35 bits per heavy atom. The fourth-order valence-electron chi connectivity index (χ4n) is 2.59. The van der Waals surface area contributed by atoms with E-state index in [0.29, 0.717) is 25.6 Å². The van der Waals surface area contributed by atoms with Crippen LogP contribution in [0.3, 0.4) is 0 Å². The van der Waals surface area contributed by atoms with Gasteiger partial charge in [0, 0.05) is 51.6 Å². The van der Waals surface area contributed by atoms with Crippen molar-refractivity contribution in [3.8, 4) is 5.88 Å². The third-order valence-electron chi connectivity index (χ3n) is 3.70. The number of nitrogens with one attached hydrogen (secondary N) is 2. The van der Waals surface area contributed by atoms with E-state index in [2.05, 4.69) is 20.5 Å². The van der Waals surface area contributed by atoms with Crippen molar-refractivity contribution in [3.63, 3.8) is 0 Å². The summed E-state index contributed by atoms with van der Waals surface area (Å²) in [5.41, 5.74) is 1.15. The van der Waals surface area contributed by atoms with E-state index in [9.17, 15) is 4.79 Å². The van der Waals surface area contributed by atoms with Crippen LogP contribution in [0.1, 0.15) is 18.9 Å². The normalized spacial score (nSPS) is 17.9. The molecule has 23 heavy (non-hydrogen) atoms. The van der Waals surface area contributed by atoms with Gasteiger partial charge in [0.25, 0.3) is 0 Å². The van der Waals surface area contributed by atoms with Crippen LogP contribution in [0, 0.1) is 0 Å². The number of ether oxygens (including phenoxy) is 2. The minimum atomic E-state index is -0.128. The molecule has 0 spiro atoms. The summed E-state index contributed by atoms with van der Waals surface area (Å²) in [7, 11) is 1.62. The van der Waals surface area contributed by atoms with Crippen molar-refractivity contribution in [2.75, 3.05) is 40.0 Å². The highest BCUT2D eigenvalue weighted by Gasteiger charge is 2.23. The van der Waals surface area contributed by atoms with Gasteiger partial charge in [-0.1, -0.05) is 6.07 Å². The lowest BCUT2D eigenvalue weighted by Gasteiger charge is -2.17. The zero-order valence-electron chi connectivity index (χ0n) is 13.9. The molecule has 0 aliphatic carbocycles. The molecule has 2 heterocycles. The molecule has 1 aromatic heterocycles. The van der Waals surface area contributed by atoms with Crippen LogP contribution in [0.15, 0.2) is 18.3 Å². The first-order valence-corrected chi connectivity index (χ1v) is 8.04. The zero-order chi connectivity index (χ0) is 16.5. The van der Waals surface area contributed by atoms with Crippen LogP contribution < -0.4 is 15.4 Å². The van der Waals surface area contributed by atoms with Crippen LogP contribution in [0.4, 0.5) is 4.79 Å². The van der Waals surface area contributed by atoms with Gasteiger partial charge in [-0.3, -0.25) is 4.90 Å². The maximum Gasteiger partial charge on any atom is 0.315 e. The standard InChI is InChI=1S/C16H26N4O3/c1-3-23-15-5-4-13(10-18-15)11-20-8-6-14(12-20)19-16(21)17-7-9-22-2/h4-5,10,14H,3,6-9,11-12H2,1-2H3,(H2,17,19,21)/t14-/m0/s1. The van der Waals surface area contributed by atoms with Gasteiger partial charge in [0.15, 0.2) is 0 Å². The summed E-state index contributed by atoms with van der Waals surface area (Å²) in [5.74, 6) is 0.657. The van der Waals surface area contributed by atoms with Gasteiger partial charge in [-0.05, 0) is 18.9 Å². The second kappa shape index (κ2) is 9.32. The van der Waals surface area contributed by atoms with E-state index in [4.69, 9.17) is 9.47 Å². The van der Waals surface area contributed by atoms with Crippen LogP contribution in [0.5, 0.6) is 5.88 Å². The molecule has 1 atom stereocenters. The average molecular weight is 322 g/mol. The quantitative estimate of drug-likeness (QED) is 0.698. The topological polar surface area (TPSA) is 75.7 Å². The summed E-state index contributed by atoms with van der Waals surface area (Å²) in [6, 6.07) is 3.99. The highest BCUT2D eigenvalue weighted by atomic mass is 16.5. The molecule has 7 heteroatoms. The summed E-state index contributed by atoms with van der Waals surface area (Å²) >= 11 is 0. The number of urea groups is 1. The molecule has 2 amide bonds. The number of hydrogen-bond acceptors (Lipinski definition) is 5. The molecule has 1 aliphatic heterocycles. The maximum absolute atomic E-state index is 11.7. The Morgan fingerprint density at radius 1 is 1.48 bits per heavy atom. The summed E-state index contributed by atoms with van der Waals surface area (Å²) < 4.78 is 10.2. The third-order valence-corrected chi connectivity index (χ3v) is 3.70. The lowest BCUT2D eigenvalue weighted by molar-refractivity contribution is 0.195. The first-order chi connectivity index (χ1) is 11.2. The van der Waals surface area contributed by atoms with E-state index in [-0.39, 0.29) is 12.1 Å². The first-order valence-electron chi connectivity index (χ1n) is 8.04. The number of carbonyl (C=O) groups excluding carboxylic acids is 1. The molecule has 128 valence electrons. The SMILES string of the molecule is CCOc1ccc(CN2CC[C@H](NC(=O)NCCOC)C2)cn1. The van der Waals surface area contributed by atoms with Crippen LogP contribution in [0.2, 0.25) is 0 Å². The number of pyridine rings is 1. The Morgan fingerprint density at radius 3 is 3.04 bits per heavy atom. The van der Waals surface area contributed by atoms with Crippen LogP contribution in [-0.2, 0) is 11.3 Å². The molecule has 1 fully saturated rings. The fraction of sp³-hybridized carbons (Fsp3) is 0.625. The highest BCUT2D eigenvalue weighted by Crippen LogP contribution is 2.14. The minimum absolute atomic E-state index is 0.128. The van der Waals surface area contributed by atoms with Gasteiger partial charge in [0.1, 0.15) is 0 Å². The van der Waals surface area contributed by atoms with E-state index < -0.39 is 0 Å². The number of nitrogens with zero attached hydrogens (tertiary/aromatic N) is 2. The number of methoxy groups -OCH3 is 1. The van der Waals surface area contributed by atoms with Gasteiger partial charge < -0.3 is 20.1 Å². The van der Waals surface area contributed by atoms with Crippen LogP contribution >= 0.6 is 0 Å². The van der Waals surface area contributed by atoms with E-state index >= 15 is 0 Å². The number of amides is 2. The molecule has 0 saturated carbocycles. The van der Waals surface area contributed by atoms with Gasteiger partial charge in [-0.25, -0.2) is 9.78 Å². The summed E-state index contributed by atoms with van der Waals surface area (Å²) in [6.07, 6.45) is 2.81. The van der Waals surface area contributed by atoms with E-state index in [0.717, 1.165) is 31.6 Å². The Labute approximate surface area is 137 Å². The average Bonchev–Trinajstić information content (AvgIpc) is 2.97. The van der Waals surface area contributed by atoms with Gasteiger partial charge >= 0.3 is 6.03 Å². The first kappa shape index (κ1) is 17.5. The lowest BCUT2D eigenvalue weighted by Crippen LogP contribution is -2.44. The molecular formula is C16H26N4O3. The molecule has 0 aromatic carbocycles. The molecule has 7 nitrogen and oxygen atoms in total. The second-order valence-corrected chi connectivity index (χ2v) is 5.55. The fourth-order valence-corrected chi connectivity index (χ4v) is 2.59. The molecule has 0 bridgehead atoms. The molecule has 2 N–H and O–H groups in total. The smallest absolute Gasteiger partial charge is 0.315 e. The van der Waals surface area contributed by atoms with Gasteiger partial charge in [0.05, 0.1) is 13.2 Å². The predicted octanol–water partition coefficient (Wildman–Crippen LogP) is 1.00. The Kier molecular flexibility index (Phi) is 7.09. The Hall–Kier alpha value is -1.86. The Balaban J connectivity index is 1.71. The lowest BCUT2D eigenvalue weighted by atomic mass is 10.2. The van der Waals surface area contributed by atoms with E-state index in [1.807, 2.05) is 25.3 Å². The van der Waals surface area contributed by atoms with Gasteiger partial charge in [0.2, 0.25) is 5.88 Å². The van der Waals surface area contributed by atoms with E-state index in [1.165, 1.54) is 0 Å². The number of carbonyl (C=O) groups is 1. The summed E-state index contributed by atoms with van der Waals surface area (Å²) in [5, 5.41) is 5.77. The zero-order valence-corrected chi connectivity index (χ0v) is 13.9. The van der Waals surface area contributed by atoms with Crippen molar-refractivity contribution in [2.45, 2.75) is 25.9 Å². The minimum Gasteiger partial charge on any atom is -0.478 e. The van der Waals surface area contributed by atoms with E-state index in [1.54, 1.807) is 7.11 Å². The van der Waals surface area contributed by atoms with Gasteiger partial charge in [-0.15, -0.1) is 0 Å². The molecule has 1 aromatic rings. The molecular weight excluding hydrogens is 296 g/mol. The molecule has 2 rings (SSSR count). The van der Waals surface area contributed by atoms with Crippen molar-refractivity contribution in [1.29, 1.82) is 0 Å². The van der Waals surface area contributed by atoms with Crippen molar-refractivity contribution >= 4 is 6.03 Å². The summed E-state index contributed by atoms with van der Waals surface area (Å²) in [6.45, 7) is 6.27. The van der Waals surface area contributed by atoms with Gasteiger partial charge in [-0.2, -0.15) is 0 Å². The summed E-state index contributed by atoms with van der Waals surface area (Å²) in [4.78, 5) is 18.3. The van der Waals surface area contributed by atoms with Crippen molar-refractivity contribution in [3.05, 3.63) is 23.9 Å². The molecule has 1 saturated heterocycles. The maximum atomic E-state index is 11.7. The number of likely N-dealkylation sites (tertiary alicyclic amines) is 1.